The highest BCUT2D eigenvalue weighted by molar-refractivity contribution is 6.35. The van der Waals surface area contributed by atoms with Crippen LogP contribution in [0.2, 0.25) is 10.0 Å². The monoisotopic (exact) mass is 290 g/mol. The molecule has 0 fully saturated rings. The van der Waals surface area contributed by atoms with Gasteiger partial charge in [-0.1, -0.05) is 29.3 Å². The summed E-state index contributed by atoms with van der Waals surface area (Å²) in [5, 5.41) is 13.3. The Morgan fingerprint density at radius 3 is 2.42 bits per heavy atom. The second-order valence-corrected chi connectivity index (χ2v) is 4.95. The maximum Gasteiger partial charge on any atom is 0.0991 e. The van der Waals surface area contributed by atoms with Crippen LogP contribution in [0.1, 0.15) is 11.1 Å². The zero-order chi connectivity index (χ0) is 13.7. The Balaban J connectivity index is 1.91. The molecule has 0 aliphatic heterocycles. The van der Waals surface area contributed by atoms with E-state index >= 15 is 0 Å². The topological polar surface area (TPSA) is 35.8 Å². The fourth-order valence-electron chi connectivity index (χ4n) is 1.73. The van der Waals surface area contributed by atoms with Crippen molar-refractivity contribution < 1.29 is 0 Å². The highest BCUT2D eigenvalue weighted by atomic mass is 35.5. The van der Waals surface area contributed by atoms with Crippen LogP contribution in [0.5, 0.6) is 0 Å². The summed E-state index contributed by atoms with van der Waals surface area (Å²) in [6.07, 6.45) is 0.815. The fraction of sp³-hybridized carbons (Fsp3) is 0.133. The van der Waals surface area contributed by atoms with Gasteiger partial charge in [-0.15, -0.1) is 0 Å². The summed E-state index contributed by atoms with van der Waals surface area (Å²) >= 11 is 12.0. The molecule has 96 valence electrons. The van der Waals surface area contributed by atoms with Crippen LogP contribution in [-0.2, 0) is 6.42 Å². The van der Waals surface area contributed by atoms with Crippen LogP contribution in [0.3, 0.4) is 0 Å². The standard InChI is InChI=1S/C15H12Cl2N2/c16-13-4-3-12(15(17)9-13)7-8-19-14-5-1-11(10-18)2-6-14/h1-6,9,19H,7-8H2. The molecule has 2 aromatic carbocycles. The van der Waals surface area contributed by atoms with Crippen LogP contribution in [0.4, 0.5) is 5.69 Å². The minimum atomic E-state index is 0.647. The molecule has 0 heterocycles. The molecular formula is C15H12Cl2N2. The Hall–Kier alpha value is -1.69. The van der Waals surface area contributed by atoms with Gasteiger partial charge >= 0.3 is 0 Å². The molecule has 0 saturated carbocycles. The van der Waals surface area contributed by atoms with Gasteiger partial charge in [0.15, 0.2) is 0 Å². The molecule has 0 aliphatic rings. The number of rotatable bonds is 4. The van der Waals surface area contributed by atoms with E-state index in [1.54, 1.807) is 18.2 Å². The third-order valence-corrected chi connectivity index (χ3v) is 3.34. The summed E-state index contributed by atoms with van der Waals surface area (Å²) < 4.78 is 0. The van der Waals surface area contributed by atoms with E-state index in [2.05, 4.69) is 11.4 Å². The Bertz CT molecular complexity index is 601. The molecule has 2 aromatic rings. The van der Waals surface area contributed by atoms with Crippen molar-refractivity contribution in [2.75, 3.05) is 11.9 Å². The predicted molar refractivity (Wildman–Crippen MR) is 79.8 cm³/mol. The van der Waals surface area contributed by atoms with Gasteiger partial charge < -0.3 is 5.32 Å². The van der Waals surface area contributed by atoms with Gasteiger partial charge in [0.2, 0.25) is 0 Å². The first kappa shape index (κ1) is 13.7. The Morgan fingerprint density at radius 2 is 1.79 bits per heavy atom. The number of anilines is 1. The first-order valence-electron chi connectivity index (χ1n) is 5.87. The second kappa shape index (κ2) is 6.47. The molecule has 0 radical (unpaired) electrons. The Morgan fingerprint density at radius 1 is 1.05 bits per heavy atom. The lowest BCUT2D eigenvalue weighted by molar-refractivity contribution is 1.02. The van der Waals surface area contributed by atoms with Crippen LogP contribution in [0.15, 0.2) is 42.5 Å². The van der Waals surface area contributed by atoms with Crippen LogP contribution in [0.25, 0.3) is 0 Å². The molecule has 19 heavy (non-hydrogen) atoms. The maximum atomic E-state index is 8.71. The number of nitrogens with one attached hydrogen (secondary N) is 1. The third kappa shape index (κ3) is 3.89. The maximum absolute atomic E-state index is 8.71. The van der Waals surface area contributed by atoms with E-state index in [0.717, 1.165) is 24.2 Å². The lowest BCUT2D eigenvalue weighted by Crippen LogP contribution is -2.05. The van der Waals surface area contributed by atoms with Crippen molar-refractivity contribution in [1.82, 2.24) is 0 Å². The van der Waals surface area contributed by atoms with Crippen LogP contribution in [0, 0.1) is 11.3 Å². The van der Waals surface area contributed by atoms with E-state index in [9.17, 15) is 0 Å². The summed E-state index contributed by atoms with van der Waals surface area (Å²) in [5.41, 5.74) is 2.71. The van der Waals surface area contributed by atoms with Crippen molar-refractivity contribution in [2.45, 2.75) is 6.42 Å². The van der Waals surface area contributed by atoms with Gasteiger partial charge in [-0.3, -0.25) is 0 Å². The number of hydrogen-bond donors (Lipinski definition) is 1. The van der Waals surface area contributed by atoms with E-state index in [1.807, 2.05) is 24.3 Å². The van der Waals surface area contributed by atoms with E-state index in [0.29, 0.717) is 15.6 Å². The molecule has 0 saturated heterocycles. The van der Waals surface area contributed by atoms with Gasteiger partial charge in [-0.05, 0) is 48.4 Å². The molecular weight excluding hydrogens is 279 g/mol. The normalized spacial score (nSPS) is 9.95. The van der Waals surface area contributed by atoms with Crippen molar-refractivity contribution in [3.05, 3.63) is 63.6 Å². The van der Waals surface area contributed by atoms with Gasteiger partial charge in [-0.2, -0.15) is 5.26 Å². The third-order valence-electron chi connectivity index (χ3n) is 2.75. The lowest BCUT2D eigenvalue weighted by atomic mass is 10.1. The smallest absolute Gasteiger partial charge is 0.0991 e. The number of halogens is 2. The summed E-state index contributed by atoms with van der Waals surface area (Å²) in [6, 6.07) is 15.0. The van der Waals surface area contributed by atoms with Crippen molar-refractivity contribution >= 4 is 28.9 Å². The molecule has 0 spiro atoms. The molecule has 2 rings (SSSR count). The average Bonchev–Trinajstić information content (AvgIpc) is 2.42. The summed E-state index contributed by atoms with van der Waals surface area (Å²) in [6.45, 7) is 0.771. The number of nitrogens with zero attached hydrogens (tertiary/aromatic N) is 1. The molecule has 0 unspecified atom stereocenters. The van der Waals surface area contributed by atoms with Crippen molar-refractivity contribution in [3.8, 4) is 6.07 Å². The minimum Gasteiger partial charge on any atom is -0.385 e. The molecule has 4 heteroatoms. The SMILES string of the molecule is N#Cc1ccc(NCCc2ccc(Cl)cc2Cl)cc1. The summed E-state index contributed by atoms with van der Waals surface area (Å²) in [7, 11) is 0. The van der Waals surface area contributed by atoms with E-state index < -0.39 is 0 Å². The number of benzene rings is 2. The zero-order valence-corrected chi connectivity index (χ0v) is 11.7. The quantitative estimate of drug-likeness (QED) is 0.899. The van der Waals surface area contributed by atoms with Crippen LogP contribution in [-0.4, -0.2) is 6.54 Å². The van der Waals surface area contributed by atoms with Gasteiger partial charge in [0.05, 0.1) is 11.6 Å². The van der Waals surface area contributed by atoms with Crippen LogP contribution < -0.4 is 5.32 Å². The number of hydrogen-bond acceptors (Lipinski definition) is 2. The lowest BCUT2D eigenvalue weighted by Gasteiger charge is -2.08. The average molecular weight is 291 g/mol. The molecule has 0 atom stereocenters. The largest absolute Gasteiger partial charge is 0.385 e. The Labute approximate surface area is 122 Å². The second-order valence-electron chi connectivity index (χ2n) is 4.10. The number of nitriles is 1. The van der Waals surface area contributed by atoms with Gasteiger partial charge in [0.1, 0.15) is 0 Å². The molecule has 0 amide bonds. The summed E-state index contributed by atoms with van der Waals surface area (Å²) in [4.78, 5) is 0. The van der Waals surface area contributed by atoms with E-state index in [4.69, 9.17) is 28.5 Å². The zero-order valence-electron chi connectivity index (χ0n) is 10.2. The molecule has 0 aromatic heterocycles. The first-order chi connectivity index (χ1) is 9.19. The molecule has 2 nitrogen and oxygen atoms in total. The van der Waals surface area contributed by atoms with E-state index in [1.165, 1.54) is 0 Å². The van der Waals surface area contributed by atoms with Crippen molar-refractivity contribution in [1.29, 1.82) is 5.26 Å². The Kier molecular flexibility index (Phi) is 4.68. The summed E-state index contributed by atoms with van der Waals surface area (Å²) in [5.74, 6) is 0. The fourth-order valence-corrected chi connectivity index (χ4v) is 2.23. The minimum absolute atomic E-state index is 0.647. The van der Waals surface area contributed by atoms with Crippen molar-refractivity contribution in [3.63, 3.8) is 0 Å². The molecule has 0 bridgehead atoms. The van der Waals surface area contributed by atoms with E-state index in [-0.39, 0.29) is 0 Å². The van der Waals surface area contributed by atoms with Crippen LogP contribution >= 0.6 is 23.2 Å². The van der Waals surface area contributed by atoms with Gasteiger partial charge in [0.25, 0.3) is 0 Å². The highest BCUT2D eigenvalue weighted by Gasteiger charge is 2.01. The van der Waals surface area contributed by atoms with Gasteiger partial charge in [-0.25, -0.2) is 0 Å². The molecule has 0 aliphatic carbocycles. The predicted octanol–water partition coefficient (Wildman–Crippen LogP) is 4.52. The van der Waals surface area contributed by atoms with Crippen molar-refractivity contribution in [2.24, 2.45) is 0 Å². The molecule has 1 N–H and O–H groups in total. The van der Waals surface area contributed by atoms with Gasteiger partial charge in [0, 0.05) is 22.3 Å². The highest BCUT2D eigenvalue weighted by Crippen LogP contribution is 2.21. The first-order valence-corrected chi connectivity index (χ1v) is 6.62.